The largest absolute Gasteiger partial charge is 0.441 e. The van der Waals surface area contributed by atoms with E-state index in [9.17, 15) is 4.39 Å². The van der Waals surface area contributed by atoms with E-state index in [1.807, 2.05) is 6.07 Å². The standard InChI is InChI=1S/C21H21FOS/c1-12-3-6-14(7-4-12)15-8-10-16-17-9-5-13(2)19(22)20(17)23-21(24)18(16)11-15/h5,8-12,14H,3-4,6-7H2,1-2H3. The second-order valence-corrected chi connectivity index (χ2v) is 7.60. The summed E-state index contributed by atoms with van der Waals surface area (Å²) in [6.07, 6.45) is 5.04. The Morgan fingerprint density at radius 3 is 2.46 bits per heavy atom. The van der Waals surface area contributed by atoms with Crippen molar-refractivity contribution in [3.8, 4) is 0 Å². The first-order chi connectivity index (χ1) is 11.5. The van der Waals surface area contributed by atoms with Gasteiger partial charge >= 0.3 is 0 Å². The Labute approximate surface area is 146 Å². The Balaban J connectivity index is 1.89. The van der Waals surface area contributed by atoms with Crippen molar-refractivity contribution >= 4 is 34.0 Å². The molecule has 1 aliphatic carbocycles. The van der Waals surface area contributed by atoms with Gasteiger partial charge in [-0.2, -0.15) is 0 Å². The lowest BCUT2D eigenvalue weighted by Gasteiger charge is -2.26. The van der Waals surface area contributed by atoms with E-state index in [4.69, 9.17) is 16.6 Å². The van der Waals surface area contributed by atoms with Crippen molar-refractivity contribution in [2.75, 3.05) is 0 Å². The van der Waals surface area contributed by atoms with E-state index in [0.717, 1.165) is 22.1 Å². The summed E-state index contributed by atoms with van der Waals surface area (Å²) in [4.78, 5) is 0. The van der Waals surface area contributed by atoms with Gasteiger partial charge in [-0.1, -0.05) is 44.0 Å². The molecule has 3 aromatic rings. The van der Waals surface area contributed by atoms with Gasteiger partial charge in [0.15, 0.2) is 16.1 Å². The van der Waals surface area contributed by atoms with Crippen LogP contribution >= 0.6 is 12.2 Å². The van der Waals surface area contributed by atoms with E-state index in [2.05, 4.69) is 25.1 Å². The minimum Gasteiger partial charge on any atom is -0.441 e. The molecule has 0 radical (unpaired) electrons. The molecule has 1 aliphatic rings. The second kappa shape index (κ2) is 5.96. The number of hydrogen-bond acceptors (Lipinski definition) is 2. The zero-order chi connectivity index (χ0) is 16.8. The highest BCUT2D eigenvalue weighted by Gasteiger charge is 2.20. The first-order valence-electron chi connectivity index (χ1n) is 8.70. The molecule has 1 nitrogen and oxygen atoms in total. The molecular formula is C21H21FOS. The van der Waals surface area contributed by atoms with Gasteiger partial charge < -0.3 is 4.42 Å². The molecule has 0 atom stereocenters. The number of rotatable bonds is 1. The van der Waals surface area contributed by atoms with Crippen molar-refractivity contribution in [3.05, 3.63) is 52.0 Å². The lowest BCUT2D eigenvalue weighted by Crippen LogP contribution is -2.10. The van der Waals surface area contributed by atoms with E-state index in [-0.39, 0.29) is 11.4 Å². The Morgan fingerprint density at radius 1 is 1.00 bits per heavy atom. The number of hydrogen-bond donors (Lipinski definition) is 0. The van der Waals surface area contributed by atoms with Gasteiger partial charge in [-0.15, -0.1) is 0 Å². The summed E-state index contributed by atoms with van der Waals surface area (Å²) in [6.45, 7) is 4.07. The minimum atomic E-state index is -0.314. The number of benzene rings is 2. The Bertz CT molecular complexity index is 980. The van der Waals surface area contributed by atoms with Gasteiger partial charge in [0.25, 0.3) is 0 Å². The molecule has 3 heteroatoms. The summed E-state index contributed by atoms with van der Waals surface area (Å²) in [5.41, 5.74) is 2.18. The lowest BCUT2D eigenvalue weighted by molar-refractivity contribution is 0.348. The van der Waals surface area contributed by atoms with Crippen LogP contribution in [0, 0.1) is 23.4 Å². The zero-order valence-electron chi connectivity index (χ0n) is 14.1. The van der Waals surface area contributed by atoms with Gasteiger partial charge in [0.1, 0.15) is 0 Å². The molecule has 0 aliphatic heterocycles. The van der Waals surface area contributed by atoms with Crippen LogP contribution in [0.25, 0.3) is 21.7 Å². The van der Waals surface area contributed by atoms with Gasteiger partial charge in [-0.3, -0.25) is 0 Å². The van der Waals surface area contributed by atoms with Crippen LogP contribution in [0.1, 0.15) is 49.7 Å². The highest BCUT2D eigenvalue weighted by Crippen LogP contribution is 2.38. The van der Waals surface area contributed by atoms with Gasteiger partial charge in [0.05, 0.1) is 0 Å². The highest BCUT2D eigenvalue weighted by molar-refractivity contribution is 7.71. The van der Waals surface area contributed by atoms with Crippen LogP contribution in [0.15, 0.2) is 34.7 Å². The fourth-order valence-corrected chi connectivity index (χ4v) is 4.18. The van der Waals surface area contributed by atoms with Crippen molar-refractivity contribution in [1.29, 1.82) is 0 Å². The van der Waals surface area contributed by atoms with Crippen LogP contribution in [0.5, 0.6) is 0 Å². The molecule has 1 fully saturated rings. The van der Waals surface area contributed by atoms with E-state index in [0.29, 0.717) is 16.2 Å². The molecule has 4 rings (SSSR count). The Hall–Kier alpha value is -1.74. The third-order valence-electron chi connectivity index (χ3n) is 5.53. The minimum absolute atomic E-state index is 0.270. The third-order valence-corrected chi connectivity index (χ3v) is 5.83. The Kier molecular flexibility index (Phi) is 3.92. The predicted octanol–water partition coefficient (Wildman–Crippen LogP) is 7.06. The van der Waals surface area contributed by atoms with E-state index >= 15 is 0 Å². The molecule has 1 aromatic heterocycles. The molecule has 0 saturated heterocycles. The monoisotopic (exact) mass is 340 g/mol. The maximum Gasteiger partial charge on any atom is 0.198 e. The molecule has 2 aromatic carbocycles. The van der Waals surface area contributed by atoms with Gasteiger partial charge in [-0.25, -0.2) is 4.39 Å². The molecule has 0 spiro atoms. The van der Waals surface area contributed by atoms with Crippen molar-refractivity contribution < 1.29 is 8.81 Å². The zero-order valence-corrected chi connectivity index (χ0v) is 14.9. The van der Waals surface area contributed by atoms with Crippen LogP contribution in [-0.2, 0) is 0 Å². The normalized spacial score (nSPS) is 21.5. The molecule has 1 saturated carbocycles. The van der Waals surface area contributed by atoms with Crippen LogP contribution < -0.4 is 0 Å². The van der Waals surface area contributed by atoms with Crippen LogP contribution in [0.2, 0.25) is 0 Å². The third kappa shape index (κ3) is 2.55. The summed E-state index contributed by atoms with van der Waals surface area (Å²) in [5.74, 6) is 1.12. The first-order valence-corrected chi connectivity index (χ1v) is 9.11. The topological polar surface area (TPSA) is 13.1 Å². The van der Waals surface area contributed by atoms with Gasteiger partial charge in [-0.05, 0) is 66.4 Å². The quantitative estimate of drug-likeness (QED) is 0.347. The van der Waals surface area contributed by atoms with Crippen LogP contribution in [0.3, 0.4) is 0 Å². The molecule has 0 unspecified atom stereocenters. The summed E-state index contributed by atoms with van der Waals surface area (Å²) < 4.78 is 20.4. The smallest absolute Gasteiger partial charge is 0.198 e. The average Bonchev–Trinajstić information content (AvgIpc) is 2.59. The molecule has 0 N–H and O–H groups in total. The summed E-state index contributed by atoms with van der Waals surface area (Å²) >= 11 is 5.43. The lowest BCUT2D eigenvalue weighted by atomic mass is 9.79. The molecule has 0 bridgehead atoms. The van der Waals surface area contributed by atoms with Crippen molar-refractivity contribution in [2.45, 2.75) is 45.4 Å². The number of aryl methyl sites for hydroxylation is 1. The molecule has 1 heterocycles. The van der Waals surface area contributed by atoms with Crippen molar-refractivity contribution in [2.24, 2.45) is 5.92 Å². The number of halogens is 1. The first kappa shape index (κ1) is 15.8. The molecule has 24 heavy (non-hydrogen) atoms. The maximum absolute atomic E-state index is 14.4. The highest BCUT2D eigenvalue weighted by atomic mass is 32.1. The predicted molar refractivity (Wildman–Crippen MR) is 99.6 cm³/mol. The van der Waals surface area contributed by atoms with Gasteiger partial charge in [0, 0.05) is 10.8 Å². The summed E-state index contributed by atoms with van der Waals surface area (Å²) in [6, 6.07) is 10.2. The second-order valence-electron chi connectivity index (χ2n) is 7.22. The fraction of sp³-hybridized carbons (Fsp3) is 0.381. The van der Waals surface area contributed by atoms with Crippen LogP contribution in [-0.4, -0.2) is 0 Å². The van der Waals surface area contributed by atoms with E-state index in [1.165, 1.54) is 31.2 Å². The van der Waals surface area contributed by atoms with Crippen LogP contribution in [0.4, 0.5) is 4.39 Å². The summed E-state index contributed by atoms with van der Waals surface area (Å²) in [5, 5.41) is 2.70. The van der Waals surface area contributed by atoms with Crippen molar-refractivity contribution in [3.63, 3.8) is 0 Å². The summed E-state index contributed by atoms with van der Waals surface area (Å²) in [7, 11) is 0. The maximum atomic E-state index is 14.4. The molecule has 0 amide bonds. The van der Waals surface area contributed by atoms with E-state index < -0.39 is 0 Å². The van der Waals surface area contributed by atoms with Crippen molar-refractivity contribution in [1.82, 2.24) is 0 Å². The SMILES string of the molecule is Cc1ccc2c(oc(=S)c3cc(C4CCC(C)CC4)ccc32)c1F. The Morgan fingerprint density at radius 2 is 1.71 bits per heavy atom. The fourth-order valence-electron chi connectivity index (χ4n) is 3.93. The molecule has 124 valence electrons. The van der Waals surface area contributed by atoms with E-state index in [1.54, 1.807) is 13.0 Å². The average molecular weight is 340 g/mol. The number of fused-ring (bicyclic) bond motifs is 3. The van der Waals surface area contributed by atoms with Gasteiger partial charge in [0.2, 0.25) is 0 Å². The molecular weight excluding hydrogens is 319 g/mol.